The first-order valence-electron chi connectivity index (χ1n) is 8.54. The van der Waals surface area contributed by atoms with Crippen LogP contribution in [0.15, 0.2) is 30.3 Å². The second kappa shape index (κ2) is 7.69. The molecule has 0 radical (unpaired) electrons. The van der Waals surface area contributed by atoms with E-state index in [1.54, 1.807) is 9.80 Å². The maximum atomic E-state index is 12.5. The molecule has 1 saturated heterocycles. The summed E-state index contributed by atoms with van der Waals surface area (Å²) in [4.78, 5) is 28.2. The predicted molar refractivity (Wildman–Crippen MR) is 93.7 cm³/mol. The molecule has 1 aliphatic rings. The van der Waals surface area contributed by atoms with Crippen molar-refractivity contribution in [3.63, 3.8) is 0 Å². The van der Waals surface area contributed by atoms with Crippen LogP contribution in [0.5, 0.6) is 0 Å². The number of amides is 2. The molecule has 0 N–H and O–H groups in total. The lowest BCUT2D eigenvalue weighted by Gasteiger charge is -2.38. The summed E-state index contributed by atoms with van der Waals surface area (Å²) in [5.74, 6) is 0.0808. The minimum Gasteiger partial charge on any atom is -0.444 e. The number of likely N-dealkylation sites (N-methyl/N-ethyl adjacent to an activating group) is 1. The second-order valence-corrected chi connectivity index (χ2v) is 7.39. The van der Waals surface area contributed by atoms with Gasteiger partial charge in [-0.25, -0.2) is 4.79 Å². The number of benzene rings is 1. The van der Waals surface area contributed by atoms with Gasteiger partial charge in [-0.1, -0.05) is 30.3 Å². The van der Waals surface area contributed by atoms with Crippen molar-refractivity contribution in [3.05, 3.63) is 35.9 Å². The minimum atomic E-state index is -0.501. The summed E-state index contributed by atoms with van der Waals surface area (Å²) in [7, 11) is 1.83. The zero-order valence-electron chi connectivity index (χ0n) is 15.1. The van der Waals surface area contributed by atoms with Crippen LogP contribution >= 0.6 is 0 Å². The van der Waals surface area contributed by atoms with Gasteiger partial charge in [-0.15, -0.1) is 0 Å². The molecule has 24 heavy (non-hydrogen) atoms. The van der Waals surface area contributed by atoms with Gasteiger partial charge in [0.15, 0.2) is 0 Å². The maximum Gasteiger partial charge on any atom is 0.410 e. The largest absolute Gasteiger partial charge is 0.444 e. The topological polar surface area (TPSA) is 49.9 Å². The van der Waals surface area contributed by atoms with Crippen molar-refractivity contribution in [2.45, 2.75) is 51.7 Å². The highest BCUT2D eigenvalue weighted by molar-refractivity contribution is 5.79. The van der Waals surface area contributed by atoms with Gasteiger partial charge >= 0.3 is 6.09 Å². The van der Waals surface area contributed by atoms with Crippen LogP contribution in [-0.2, 0) is 16.0 Å². The van der Waals surface area contributed by atoms with Gasteiger partial charge in [-0.05, 0) is 39.2 Å². The molecule has 1 heterocycles. The van der Waals surface area contributed by atoms with Crippen molar-refractivity contribution in [3.8, 4) is 0 Å². The van der Waals surface area contributed by atoms with Crippen LogP contribution in [-0.4, -0.2) is 53.6 Å². The molecule has 132 valence electrons. The third-order valence-electron chi connectivity index (χ3n) is 4.19. The Morgan fingerprint density at radius 3 is 2.54 bits per heavy atom. The molecule has 2 amide bonds. The molecule has 0 aliphatic carbocycles. The minimum absolute atomic E-state index is 0.0440. The van der Waals surface area contributed by atoms with Gasteiger partial charge in [-0.2, -0.15) is 0 Å². The van der Waals surface area contributed by atoms with Crippen LogP contribution in [0, 0.1) is 0 Å². The number of ether oxygens (including phenoxy) is 1. The van der Waals surface area contributed by atoms with Crippen molar-refractivity contribution < 1.29 is 14.3 Å². The Kier molecular flexibility index (Phi) is 5.86. The molecule has 0 spiro atoms. The number of hydrogen-bond acceptors (Lipinski definition) is 3. The van der Waals surface area contributed by atoms with E-state index in [-0.39, 0.29) is 18.0 Å². The quantitative estimate of drug-likeness (QED) is 0.855. The Balaban J connectivity index is 1.93. The molecule has 1 fully saturated rings. The molecule has 1 aliphatic heterocycles. The third kappa shape index (κ3) is 5.25. The average molecular weight is 332 g/mol. The van der Waals surface area contributed by atoms with E-state index in [4.69, 9.17) is 4.74 Å². The lowest BCUT2D eigenvalue weighted by Crippen LogP contribution is -2.51. The fraction of sp³-hybridized carbons (Fsp3) is 0.579. The first kappa shape index (κ1) is 18.3. The second-order valence-electron chi connectivity index (χ2n) is 7.39. The van der Waals surface area contributed by atoms with Crippen molar-refractivity contribution in [2.75, 3.05) is 20.1 Å². The lowest BCUT2D eigenvalue weighted by atomic mass is 10.0. The van der Waals surface area contributed by atoms with Crippen LogP contribution in [0.2, 0.25) is 0 Å². The molecule has 0 aromatic heterocycles. The molecule has 5 heteroatoms. The molecule has 1 aromatic carbocycles. The molecule has 0 bridgehead atoms. The van der Waals surface area contributed by atoms with Gasteiger partial charge in [-0.3, -0.25) is 4.79 Å². The van der Waals surface area contributed by atoms with E-state index in [2.05, 4.69) is 0 Å². The Morgan fingerprint density at radius 2 is 1.92 bits per heavy atom. The van der Waals surface area contributed by atoms with E-state index in [0.29, 0.717) is 19.5 Å². The number of piperidine rings is 1. The van der Waals surface area contributed by atoms with Crippen molar-refractivity contribution >= 4 is 12.0 Å². The standard InChI is InChI=1S/C19H28N2O3/c1-19(2,3)24-18(23)21-12-8-11-16(14-21)20(4)17(22)13-15-9-6-5-7-10-15/h5-7,9-10,16H,8,11-14H2,1-4H3. The number of hydrogen-bond donors (Lipinski definition) is 0. The first-order chi connectivity index (χ1) is 11.3. The summed E-state index contributed by atoms with van der Waals surface area (Å²) >= 11 is 0. The molecule has 2 rings (SSSR count). The van der Waals surface area contributed by atoms with Crippen molar-refractivity contribution in [1.82, 2.24) is 9.80 Å². The average Bonchev–Trinajstić information content (AvgIpc) is 2.53. The fourth-order valence-electron chi connectivity index (χ4n) is 2.86. The van der Waals surface area contributed by atoms with Gasteiger partial charge in [0.1, 0.15) is 5.60 Å². The normalized spacial score (nSPS) is 18.2. The molecule has 1 atom stereocenters. The van der Waals surface area contributed by atoms with Gasteiger partial charge in [0, 0.05) is 26.2 Å². The van der Waals surface area contributed by atoms with Crippen LogP contribution in [0.1, 0.15) is 39.2 Å². The third-order valence-corrected chi connectivity index (χ3v) is 4.19. The Hall–Kier alpha value is -2.04. The highest BCUT2D eigenvalue weighted by Gasteiger charge is 2.30. The molecule has 1 aromatic rings. The molecule has 0 saturated carbocycles. The van der Waals surface area contributed by atoms with E-state index in [1.807, 2.05) is 58.2 Å². The van der Waals surface area contributed by atoms with E-state index < -0.39 is 5.60 Å². The smallest absolute Gasteiger partial charge is 0.410 e. The SMILES string of the molecule is CN(C(=O)Cc1ccccc1)C1CCCN(C(=O)OC(C)(C)C)C1. The molecular formula is C19H28N2O3. The first-order valence-corrected chi connectivity index (χ1v) is 8.54. The van der Waals surface area contributed by atoms with Gasteiger partial charge in [0.25, 0.3) is 0 Å². The Bertz CT molecular complexity index is 566. The van der Waals surface area contributed by atoms with Crippen LogP contribution in [0.25, 0.3) is 0 Å². The Labute approximate surface area is 144 Å². The van der Waals surface area contributed by atoms with Crippen molar-refractivity contribution in [1.29, 1.82) is 0 Å². The highest BCUT2D eigenvalue weighted by atomic mass is 16.6. The fourth-order valence-corrected chi connectivity index (χ4v) is 2.86. The monoisotopic (exact) mass is 332 g/mol. The zero-order chi connectivity index (χ0) is 17.7. The Morgan fingerprint density at radius 1 is 1.25 bits per heavy atom. The van der Waals surface area contributed by atoms with Crippen molar-refractivity contribution in [2.24, 2.45) is 0 Å². The number of rotatable bonds is 3. The van der Waals surface area contributed by atoms with Gasteiger partial charge in [0.05, 0.1) is 6.42 Å². The van der Waals surface area contributed by atoms with Gasteiger partial charge in [0.2, 0.25) is 5.91 Å². The number of carbonyl (C=O) groups excluding carboxylic acids is 2. The summed E-state index contributed by atoms with van der Waals surface area (Å²) in [5, 5.41) is 0. The molecular weight excluding hydrogens is 304 g/mol. The summed E-state index contributed by atoms with van der Waals surface area (Å²) in [5.41, 5.74) is 0.508. The number of nitrogens with zero attached hydrogens (tertiary/aromatic N) is 2. The zero-order valence-corrected chi connectivity index (χ0v) is 15.1. The summed E-state index contributed by atoms with van der Waals surface area (Å²) in [6, 6.07) is 9.78. The van der Waals surface area contributed by atoms with E-state index >= 15 is 0 Å². The van der Waals surface area contributed by atoms with Crippen LogP contribution in [0.3, 0.4) is 0 Å². The van der Waals surface area contributed by atoms with Crippen LogP contribution < -0.4 is 0 Å². The lowest BCUT2D eigenvalue weighted by molar-refractivity contribution is -0.132. The molecule has 5 nitrogen and oxygen atoms in total. The highest BCUT2D eigenvalue weighted by Crippen LogP contribution is 2.19. The van der Waals surface area contributed by atoms with Crippen LogP contribution in [0.4, 0.5) is 4.79 Å². The maximum absolute atomic E-state index is 12.5. The van der Waals surface area contributed by atoms with E-state index in [9.17, 15) is 9.59 Å². The van der Waals surface area contributed by atoms with E-state index in [1.165, 1.54) is 0 Å². The number of likely N-dealkylation sites (tertiary alicyclic amines) is 1. The van der Waals surface area contributed by atoms with E-state index in [0.717, 1.165) is 18.4 Å². The summed E-state index contributed by atoms with van der Waals surface area (Å²) in [6.45, 7) is 6.81. The van der Waals surface area contributed by atoms with Gasteiger partial charge < -0.3 is 14.5 Å². The molecule has 1 unspecified atom stereocenters. The predicted octanol–water partition coefficient (Wildman–Crippen LogP) is 3.09. The summed E-state index contributed by atoms with van der Waals surface area (Å²) < 4.78 is 5.44. The number of carbonyl (C=O) groups is 2. The summed E-state index contributed by atoms with van der Waals surface area (Å²) in [6.07, 6.45) is 1.89.